The number of carbonyl (C=O) groups excluding carboxylic acids is 1. The SMILES string of the molecule is N#CCOc1cccc(CNC(=O)NCC2(c3ccccc3Cl)CCOCC2)c1. The number of hydrogen-bond acceptors (Lipinski definition) is 4. The smallest absolute Gasteiger partial charge is 0.315 e. The molecule has 1 aliphatic heterocycles. The topological polar surface area (TPSA) is 83.4 Å². The van der Waals surface area contributed by atoms with Crippen LogP contribution in [0.2, 0.25) is 5.02 Å². The highest BCUT2D eigenvalue weighted by molar-refractivity contribution is 6.31. The number of rotatable bonds is 7. The van der Waals surface area contributed by atoms with Gasteiger partial charge in [-0.1, -0.05) is 41.9 Å². The van der Waals surface area contributed by atoms with Gasteiger partial charge in [0.15, 0.2) is 6.61 Å². The van der Waals surface area contributed by atoms with Gasteiger partial charge in [0, 0.05) is 36.7 Å². The van der Waals surface area contributed by atoms with Crippen LogP contribution in [0.5, 0.6) is 5.75 Å². The molecule has 2 amide bonds. The van der Waals surface area contributed by atoms with Gasteiger partial charge in [0.2, 0.25) is 0 Å². The number of nitrogens with one attached hydrogen (secondary N) is 2. The number of nitriles is 1. The van der Waals surface area contributed by atoms with Crippen LogP contribution in [0, 0.1) is 11.3 Å². The van der Waals surface area contributed by atoms with Crippen LogP contribution < -0.4 is 15.4 Å². The number of ether oxygens (including phenoxy) is 2. The lowest BCUT2D eigenvalue weighted by Crippen LogP contribution is -2.47. The van der Waals surface area contributed by atoms with Gasteiger partial charge in [-0.2, -0.15) is 5.26 Å². The summed E-state index contributed by atoms with van der Waals surface area (Å²) in [5, 5.41) is 15.2. The van der Waals surface area contributed by atoms with Crippen LogP contribution in [0.4, 0.5) is 4.79 Å². The molecule has 3 rings (SSSR count). The minimum absolute atomic E-state index is 0.00872. The maximum absolute atomic E-state index is 12.4. The third kappa shape index (κ3) is 5.63. The minimum Gasteiger partial charge on any atom is -0.479 e. The van der Waals surface area contributed by atoms with Crippen molar-refractivity contribution in [2.24, 2.45) is 0 Å². The molecule has 1 heterocycles. The maximum atomic E-state index is 12.4. The van der Waals surface area contributed by atoms with Crippen LogP contribution in [0.25, 0.3) is 0 Å². The lowest BCUT2D eigenvalue weighted by Gasteiger charge is -2.38. The van der Waals surface area contributed by atoms with Gasteiger partial charge in [-0.05, 0) is 42.2 Å². The molecular weight excluding hydrogens is 390 g/mol. The predicted octanol–water partition coefficient (Wildman–Crippen LogP) is 3.79. The monoisotopic (exact) mass is 413 g/mol. The van der Waals surface area contributed by atoms with Crippen molar-refractivity contribution < 1.29 is 14.3 Å². The Bertz CT molecular complexity index is 876. The van der Waals surface area contributed by atoms with Crippen molar-refractivity contribution in [2.45, 2.75) is 24.8 Å². The van der Waals surface area contributed by atoms with Gasteiger partial charge in [-0.3, -0.25) is 0 Å². The summed E-state index contributed by atoms with van der Waals surface area (Å²) in [7, 11) is 0. The van der Waals surface area contributed by atoms with E-state index >= 15 is 0 Å². The van der Waals surface area contributed by atoms with Crippen LogP contribution in [0.3, 0.4) is 0 Å². The molecule has 1 saturated heterocycles. The molecule has 2 N–H and O–H groups in total. The third-order valence-electron chi connectivity index (χ3n) is 5.14. The van der Waals surface area contributed by atoms with Gasteiger partial charge in [0.1, 0.15) is 11.8 Å². The molecule has 1 fully saturated rings. The Morgan fingerprint density at radius 3 is 2.72 bits per heavy atom. The van der Waals surface area contributed by atoms with Crippen LogP contribution >= 0.6 is 11.6 Å². The first-order valence-corrected chi connectivity index (χ1v) is 9.94. The van der Waals surface area contributed by atoms with Gasteiger partial charge in [-0.25, -0.2) is 4.79 Å². The van der Waals surface area contributed by atoms with E-state index in [9.17, 15) is 4.79 Å². The Labute approximate surface area is 175 Å². The highest BCUT2D eigenvalue weighted by atomic mass is 35.5. The zero-order chi connectivity index (χ0) is 20.5. The molecule has 0 saturated carbocycles. The molecule has 0 aromatic heterocycles. The first-order chi connectivity index (χ1) is 14.1. The van der Waals surface area contributed by atoms with Crippen molar-refractivity contribution in [3.63, 3.8) is 0 Å². The minimum atomic E-state index is -0.244. The predicted molar refractivity (Wildman–Crippen MR) is 111 cm³/mol. The van der Waals surface area contributed by atoms with E-state index in [0.29, 0.717) is 37.1 Å². The highest BCUT2D eigenvalue weighted by Gasteiger charge is 2.36. The number of amides is 2. The normalized spacial score (nSPS) is 15.2. The standard InChI is InChI=1S/C22H24ClN3O3/c23-20-7-2-1-6-19(20)22(8-11-28-12-9-22)16-26-21(27)25-15-17-4-3-5-18(14-17)29-13-10-24/h1-7,14H,8-9,11-13,15-16H2,(H2,25,26,27). The average molecular weight is 414 g/mol. The second-order valence-corrected chi connectivity index (χ2v) is 7.41. The van der Waals surface area contributed by atoms with Crippen molar-refractivity contribution in [2.75, 3.05) is 26.4 Å². The molecular formula is C22H24ClN3O3. The number of carbonyl (C=O) groups is 1. The molecule has 0 bridgehead atoms. The fourth-order valence-corrected chi connectivity index (χ4v) is 3.89. The first kappa shape index (κ1) is 21.0. The van der Waals surface area contributed by atoms with E-state index in [0.717, 1.165) is 24.0 Å². The Morgan fingerprint density at radius 1 is 1.17 bits per heavy atom. The van der Waals surface area contributed by atoms with Gasteiger partial charge >= 0.3 is 6.03 Å². The molecule has 0 spiro atoms. The van der Waals surface area contributed by atoms with E-state index in [2.05, 4.69) is 10.6 Å². The van der Waals surface area contributed by atoms with Crippen molar-refractivity contribution in [1.82, 2.24) is 10.6 Å². The summed E-state index contributed by atoms with van der Waals surface area (Å²) in [6, 6.07) is 16.8. The van der Waals surface area contributed by atoms with Crippen molar-refractivity contribution in [3.8, 4) is 11.8 Å². The molecule has 29 heavy (non-hydrogen) atoms. The molecule has 7 heteroatoms. The van der Waals surface area contributed by atoms with Crippen LogP contribution in [0.15, 0.2) is 48.5 Å². The van der Waals surface area contributed by atoms with E-state index < -0.39 is 0 Å². The van der Waals surface area contributed by atoms with E-state index in [-0.39, 0.29) is 18.1 Å². The van der Waals surface area contributed by atoms with Gasteiger partial charge < -0.3 is 20.1 Å². The van der Waals surface area contributed by atoms with Crippen molar-refractivity contribution in [1.29, 1.82) is 5.26 Å². The molecule has 2 aromatic rings. The highest BCUT2D eigenvalue weighted by Crippen LogP contribution is 2.38. The first-order valence-electron chi connectivity index (χ1n) is 9.56. The number of benzene rings is 2. The zero-order valence-electron chi connectivity index (χ0n) is 16.1. The van der Waals surface area contributed by atoms with Crippen LogP contribution in [0.1, 0.15) is 24.0 Å². The Kier molecular flexibility index (Phi) is 7.34. The average Bonchev–Trinajstić information content (AvgIpc) is 2.76. The van der Waals surface area contributed by atoms with E-state index in [1.54, 1.807) is 12.1 Å². The van der Waals surface area contributed by atoms with Gasteiger partial charge in [-0.15, -0.1) is 0 Å². The number of urea groups is 1. The van der Waals surface area contributed by atoms with Crippen molar-refractivity contribution >= 4 is 17.6 Å². The summed E-state index contributed by atoms with van der Waals surface area (Å²) in [6.07, 6.45) is 1.60. The quantitative estimate of drug-likeness (QED) is 0.723. The summed E-state index contributed by atoms with van der Waals surface area (Å²) in [4.78, 5) is 12.4. The fraction of sp³-hybridized carbons (Fsp3) is 0.364. The molecule has 0 aliphatic carbocycles. The summed E-state index contributed by atoms with van der Waals surface area (Å²) < 4.78 is 10.8. The molecule has 0 unspecified atom stereocenters. The lowest BCUT2D eigenvalue weighted by atomic mass is 9.74. The molecule has 152 valence electrons. The lowest BCUT2D eigenvalue weighted by molar-refractivity contribution is 0.0507. The van der Waals surface area contributed by atoms with Gasteiger partial charge in [0.25, 0.3) is 0 Å². The molecule has 1 aliphatic rings. The van der Waals surface area contributed by atoms with Crippen LogP contribution in [-0.4, -0.2) is 32.4 Å². The summed E-state index contributed by atoms with van der Waals surface area (Å²) >= 11 is 6.45. The summed E-state index contributed by atoms with van der Waals surface area (Å²) in [6.45, 7) is 2.12. The number of hydrogen-bond donors (Lipinski definition) is 2. The largest absolute Gasteiger partial charge is 0.479 e. The van der Waals surface area contributed by atoms with Crippen LogP contribution in [-0.2, 0) is 16.7 Å². The number of nitrogens with zero attached hydrogens (tertiary/aromatic N) is 1. The number of halogens is 1. The fourth-order valence-electron chi connectivity index (χ4n) is 3.55. The summed E-state index contributed by atoms with van der Waals surface area (Å²) in [5.41, 5.74) is 1.70. The van der Waals surface area contributed by atoms with E-state index in [1.807, 2.05) is 42.5 Å². The van der Waals surface area contributed by atoms with E-state index in [1.165, 1.54) is 0 Å². The Morgan fingerprint density at radius 2 is 1.97 bits per heavy atom. The maximum Gasteiger partial charge on any atom is 0.315 e. The summed E-state index contributed by atoms with van der Waals surface area (Å²) in [5.74, 6) is 0.603. The Balaban J connectivity index is 1.58. The molecule has 6 nitrogen and oxygen atoms in total. The Hall–Kier alpha value is -2.75. The van der Waals surface area contributed by atoms with Gasteiger partial charge in [0.05, 0.1) is 0 Å². The molecule has 0 radical (unpaired) electrons. The molecule has 2 aromatic carbocycles. The third-order valence-corrected chi connectivity index (χ3v) is 5.47. The molecule has 0 atom stereocenters. The van der Waals surface area contributed by atoms with Crippen molar-refractivity contribution in [3.05, 3.63) is 64.7 Å². The second kappa shape index (κ2) is 10.1. The zero-order valence-corrected chi connectivity index (χ0v) is 16.9. The second-order valence-electron chi connectivity index (χ2n) is 7.00. The van der Waals surface area contributed by atoms with E-state index in [4.69, 9.17) is 26.3 Å².